The van der Waals surface area contributed by atoms with Crippen molar-refractivity contribution in [2.24, 2.45) is 11.8 Å². The third-order valence-corrected chi connectivity index (χ3v) is 10.1. The lowest BCUT2D eigenvalue weighted by atomic mass is 9.70. The maximum atomic E-state index is 14.5. The molecule has 3 aromatic carbocycles. The first kappa shape index (κ1) is 29.8. The molecule has 6 rings (SSSR count). The molecule has 0 saturated carbocycles. The molecule has 1 spiro atoms. The van der Waals surface area contributed by atoms with Crippen LogP contribution in [-0.2, 0) is 32.1 Å². The second-order valence-corrected chi connectivity index (χ2v) is 13.1. The van der Waals surface area contributed by atoms with Crippen molar-refractivity contribution in [2.45, 2.75) is 54.9 Å². The van der Waals surface area contributed by atoms with Gasteiger partial charge in [0.15, 0.2) is 0 Å². The molecule has 3 saturated heterocycles. The van der Waals surface area contributed by atoms with Crippen LogP contribution in [0.2, 0.25) is 5.02 Å². The van der Waals surface area contributed by atoms with Crippen LogP contribution in [0.1, 0.15) is 23.1 Å². The number of rotatable bonds is 9. The number of aryl methyl sites for hydroxylation is 1. The molecule has 3 aromatic rings. The van der Waals surface area contributed by atoms with E-state index in [0.717, 1.165) is 16.7 Å². The zero-order valence-electron chi connectivity index (χ0n) is 23.6. The number of hydrogen-bond acceptors (Lipinski definition) is 5. The van der Waals surface area contributed by atoms with Crippen molar-refractivity contribution in [2.75, 3.05) is 11.9 Å². The van der Waals surface area contributed by atoms with E-state index in [1.807, 2.05) is 73.7 Å². The van der Waals surface area contributed by atoms with Crippen LogP contribution >= 0.6 is 27.5 Å². The van der Waals surface area contributed by atoms with Gasteiger partial charge in [0, 0.05) is 11.4 Å². The van der Waals surface area contributed by atoms with Gasteiger partial charge in [0.2, 0.25) is 17.7 Å². The Balaban J connectivity index is 1.38. The van der Waals surface area contributed by atoms with Gasteiger partial charge in [-0.15, -0.1) is 0 Å². The van der Waals surface area contributed by atoms with Crippen molar-refractivity contribution in [1.29, 1.82) is 0 Å². The smallest absolute Gasteiger partial charge is 0.250 e. The fourth-order valence-corrected chi connectivity index (χ4v) is 8.29. The molecule has 43 heavy (non-hydrogen) atoms. The van der Waals surface area contributed by atoms with Gasteiger partial charge in [0.05, 0.1) is 41.3 Å². The van der Waals surface area contributed by atoms with Gasteiger partial charge in [0.1, 0.15) is 11.6 Å². The molecule has 3 amide bonds. The number of hydrogen-bond donors (Lipinski definition) is 3. The molecule has 3 heterocycles. The third kappa shape index (κ3) is 5.26. The monoisotopic (exact) mass is 665 g/mol. The molecule has 10 heteroatoms. The molecular weight excluding hydrogens is 634 g/mol. The molecule has 3 aliphatic heterocycles. The number of carbonyl (C=O) groups excluding carboxylic acids is 3. The summed E-state index contributed by atoms with van der Waals surface area (Å²) in [5.41, 5.74) is 1.78. The maximum absolute atomic E-state index is 14.5. The van der Waals surface area contributed by atoms with E-state index in [2.05, 4.69) is 26.6 Å². The van der Waals surface area contributed by atoms with Crippen molar-refractivity contribution >= 4 is 50.9 Å². The molecule has 8 nitrogen and oxygen atoms in total. The molecule has 0 aliphatic carbocycles. The van der Waals surface area contributed by atoms with Crippen LogP contribution in [0.5, 0.6) is 0 Å². The summed E-state index contributed by atoms with van der Waals surface area (Å²) in [5.74, 6) is -2.84. The molecule has 0 aromatic heterocycles. The summed E-state index contributed by atoms with van der Waals surface area (Å²) in [6.45, 7) is 1.77. The molecule has 2 bridgehead atoms. The van der Waals surface area contributed by atoms with Crippen molar-refractivity contribution < 1.29 is 24.2 Å². The summed E-state index contributed by atoms with van der Waals surface area (Å²) < 4.78 is 6.61. The summed E-state index contributed by atoms with van der Waals surface area (Å²) in [5, 5.41) is 17.0. The van der Waals surface area contributed by atoms with E-state index in [-0.39, 0.29) is 23.2 Å². The Bertz CT molecular complexity index is 1510. The van der Waals surface area contributed by atoms with Crippen LogP contribution in [-0.4, -0.2) is 63.0 Å². The third-order valence-electron chi connectivity index (χ3n) is 8.98. The SMILES string of the molecule is Cc1cccc(Cl)c1NC(=O)C1N([C@@H](CO)Cc2ccccc2)C(=O)[C@@H]2[C@@H](C(=O)NCc3ccccc3)[C@@H]3OC12CC3Br. The van der Waals surface area contributed by atoms with E-state index in [0.29, 0.717) is 30.1 Å². The largest absolute Gasteiger partial charge is 0.394 e. The van der Waals surface area contributed by atoms with Gasteiger partial charge >= 0.3 is 0 Å². The summed E-state index contributed by atoms with van der Waals surface area (Å²) >= 11 is 10.2. The van der Waals surface area contributed by atoms with E-state index in [1.54, 1.807) is 12.1 Å². The summed E-state index contributed by atoms with van der Waals surface area (Å²) in [7, 11) is 0. The Kier molecular flexibility index (Phi) is 8.35. The fraction of sp³-hybridized carbons (Fsp3) is 0.364. The number of para-hydroxylation sites is 1. The molecule has 224 valence electrons. The zero-order chi connectivity index (χ0) is 30.3. The normalized spacial score (nSPS) is 28.0. The van der Waals surface area contributed by atoms with Gasteiger partial charge in [-0.05, 0) is 42.5 Å². The number of fused-ring (bicyclic) bond motifs is 1. The Labute approximate surface area is 263 Å². The Morgan fingerprint density at radius 3 is 2.37 bits per heavy atom. The van der Waals surface area contributed by atoms with Crippen LogP contribution in [0.15, 0.2) is 78.9 Å². The number of ether oxygens (including phenoxy) is 1. The van der Waals surface area contributed by atoms with Crippen molar-refractivity contribution in [3.8, 4) is 0 Å². The van der Waals surface area contributed by atoms with Gasteiger partial charge in [-0.3, -0.25) is 14.4 Å². The number of anilines is 1. The Morgan fingerprint density at radius 1 is 1.05 bits per heavy atom. The second-order valence-electron chi connectivity index (χ2n) is 11.6. The van der Waals surface area contributed by atoms with E-state index < -0.39 is 41.5 Å². The number of nitrogens with one attached hydrogen (secondary N) is 2. The predicted molar refractivity (Wildman–Crippen MR) is 167 cm³/mol. The van der Waals surface area contributed by atoms with E-state index in [1.165, 1.54) is 4.90 Å². The first-order chi connectivity index (χ1) is 20.7. The lowest BCUT2D eigenvalue weighted by Gasteiger charge is -2.37. The highest BCUT2D eigenvalue weighted by Gasteiger charge is 2.77. The quantitative estimate of drug-likeness (QED) is 0.296. The number of carbonyl (C=O) groups is 3. The van der Waals surface area contributed by atoms with Gasteiger partial charge in [-0.1, -0.05) is 100 Å². The lowest BCUT2D eigenvalue weighted by molar-refractivity contribution is -0.144. The second kappa shape index (κ2) is 12.0. The minimum absolute atomic E-state index is 0.247. The van der Waals surface area contributed by atoms with Crippen LogP contribution in [0.25, 0.3) is 0 Å². The van der Waals surface area contributed by atoms with E-state index in [9.17, 15) is 19.5 Å². The molecular formula is C33H33BrClN3O5. The Morgan fingerprint density at radius 2 is 1.72 bits per heavy atom. The first-order valence-corrected chi connectivity index (χ1v) is 15.7. The first-order valence-electron chi connectivity index (χ1n) is 14.4. The van der Waals surface area contributed by atoms with Crippen molar-refractivity contribution in [3.63, 3.8) is 0 Å². The molecule has 3 N–H and O–H groups in total. The van der Waals surface area contributed by atoms with Crippen molar-refractivity contribution in [1.82, 2.24) is 10.2 Å². The summed E-state index contributed by atoms with van der Waals surface area (Å²) in [4.78, 5) is 43.8. The number of likely N-dealkylation sites (tertiary alicyclic amines) is 1. The zero-order valence-corrected chi connectivity index (χ0v) is 25.9. The average Bonchev–Trinajstić information content (AvgIpc) is 3.61. The molecule has 7 atom stereocenters. The standard InChI is InChI=1S/C33H33BrClN3O5/c1-19-9-8-14-24(35)27(19)37-31(41)29-33-16-23(34)28(43-33)25(30(40)36-17-21-12-6-3-7-13-21)26(33)32(42)38(29)22(18-39)15-20-10-4-2-5-11-20/h2-14,22-23,25-26,28-29,39H,15-18H2,1H3,(H,36,40)(H,37,41)/t22-,23?,25-,26+,28-,29?,33?/m1/s1. The number of amides is 3. The van der Waals surface area contributed by atoms with Crippen LogP contribution < -0.4 is 10.6 Å². The van der Waals surface area contributed by atoms with Crippen LogP contribution in [0.3, 0.4) is 0 Å². The minimum Gasteiger partial charge on any atom is -0.394 e. The average molecular weight is 667 g/mol. The molecule has 3 aliphatic rings. The van der Waals surface area contributed by atoms with Crippen LogP contribution in [0.4, 0.5) is 5.69 Å². The lowest BCUT2D eigenvalue weighted by Crippen LogP contribution is -2.57. The van der Waals surface area contributed by atoms with Gasteiger partial charge in [-0.2, -0.15) is 0 Å². The predicted octanol–water partition coefficient (Wildman–Crippen LogP) is 4.25. The minimum atomic E-state index is -1.27. The molecule has 3 unspecified atom stereocenters. The number of aliphatic hydroxyl groups is 1. The topological polar surface area (TPSA) is 108 Å². The van der Waals surface area contributed by atoms with Gasteiger partial charge in [-0.25, -0.2) is 0 Å². The molecule has 0 radical (unpaired) electrons. The molecule has 3 fully saturated rings. The number of benzene rings is 3. The van der Waals surface area contributed by atoms with E-state index in [4.69, 9.17) is 16.3 Å². The number of aliphatic hydroxyl groups excluding tert-OH is 1. The van der Waals surface area contributed by atoms with Crippen LogP contribution in [0, 0.1) is 18.8 Å². The Hall–Kier alpha value is -3.24. The van der Waals surface area contributed by atoms with Crippen molar-refractivity contribution in [3.05, 3.63) is 101 Å². The fourth-order valence-electron chi connectivity index (χ4n) is 7.08. The van der Waals surface area contributed by atoms with Gasteiger partial charge < -0.3 is 25.4 Å². The van der Waals surface area contributed by atoms with E-state index >= 15 is 0 Å². The highest BCUT2D eigenvalue weighted by atomic mass is 79.9. The number of alkyl halides is 1. The number of nitrogens with zero attached hydrogens (tertiary/aromatic N) is 1. The highest BCUT2D eigenvalue weighted by molar-refractivity contribution is 9.09. The number of halogens is 2. The highest BCUT2D eigenvalue weighted by Crippen LogP contribution is 2.60. The maximum Gasteiger partial charge on any atom is 0.250 e. The van der Waals surface area contributed by atoms with Gasteiger partial charge in [0.25, 0.3) is 0 Å². The summed E-state index contributed by atoms with van der Waals surface area (Å²) in [6, 6.07) is 22.6. The summed E-state index contributed by atoms with van der Waals surface area (Å²) in [6.07, 6.45) is 0.0917.